The van der Waals surface area contributed by atoms with Gasteiger partial charge in [0.1, 0.15) is 5.00 Å². The van der Waals surface area contributed by atoms with Crippen LogP contribution in [0.1, 0.15) is 44.0 Å². The van der Waals surface area contributed by atoms with Gasteiger partial charge in [0.25, 0.3) is 5.91 Å². The summed E-state index contributed by atoms with van der Waals surface area (Å²) in [4.78, 5) is 38.5. The molecule has 1 aliphatic rings. The van der Waals surface area contributed by atoms with Crippen LogP contribution >= 0.6 is 11.3 Å². The van der Waals surface area contributed by atoms with Gasteiger partial charge >= 0.3 is 5.97 Å². The lowest BCUT2D eigenvalue weighted by molar-refractivity contribution is -0.114. The summed E-state index contributed by atoms with van der Waals surface area (Å²) in [5.74, 6) is -0.987. The van der Waals surface area contributed by atoms with E-state index in [1.54, 1.807) is 31.4 Å². The Labute approximate surface area is 185 Å². The minimum Gasteiger partial charge on any atom is -0.465 e. The quantitative estimate of drug-likeness (QED) is 0.405. The van der Waals surface area contributed by atoms with E-state index in [9.17, 15) is 14.4 Å². The largest absolute Gasteiger partial charge is 0.465 e. The summed E-state index contributed by atoms with van der Waals surface area (Å²) in [6.07, 6.45) is 3.82. The Morgan fingerprint density at radius 1 is 1.10 bits per heavy atom. The van der Waals surface area contributed by atoms with Crippen LogP contribution in [0.4, 0.5) is 10.7 Å². The van der Waals surface area contributed by atoms with Crippen LogP contribution < -0.4 is 16.0 Å². The topological polar surface area (TPSA) is 106 Å². The van der Waals surface area contributed by atoms with Crippen LogP contribution in [0, 0.1) is 0 Å². The maximum Gasteiger partial charge on any atom is 0.341 e. The Morgan fingerprint density at radius 3 is 2.65 bits per heavy atom. The Balaban J connectivity index is 1.67. The number of nitrogens with one attached hydrogen (secondary N) is 3. The molecule has 3 N–H and O–H groups in total. The van der Waals surface area contributed by atoms with Crippen LogP contribution in [-0.2, 0) is 27.1 Å². The number of benzene rings is 1. The summed E-state index contributed by atoms with van der Waals surface area (Å²) in [5, 5.41) is 9.15. The van der Waals surface area contributed by atoms with Crippen LogP contribution in [0.2, 0.25) is 0 Å². The van der Waals surface area contributed by atoms with Gasteiger partial charge in [0.2, 0.25) is 5.91 Å². The van der Waals surface area contributed by atoms with Crippen molar-refractivity contribution in [1.82, 2.24) is 5.32 Å². The fourth-order valence-corrected chi connectivity index (χ4v) is 4.81. The van der Waals surface area contributed by atoms with Crippen molar-refractivity contribution in [3.8, 4) is 0 Å². The van der Waals surface area contributed by atoms with Crippen molar-refractivity contribution in [2.24, 2.45) is 0 Å². The number of rotatable bonds is 9. The van der Waals surface area contributed by atoms with Crippen molar-refractivity contribution < 1.29 is 23.9 Å². The highest BCUT2D eigenvalue weighted by atomic mass is 32.1. The molecular formula is C22H27N3O5S. The number of amides is 2. The van der Waals surface area contributed by atoms with Gasteiger partial charge in [-0.15, -0.1) is 11.3 Å². The summed E-state index contributed by atoms with van der Waals surface area (Å²) in [6, 6.07) is 6.97. The molecule has 0 fully saturated rings. The standard InChI is InChI=1S/C22H27N3O5S/c1-29-12-11-23-20(27)14-7-3-5-9-16(14)24-13-18(26)25-21-19(22(28)30-2)15-8-4-6-10-17(15)31-21/h3,5,7,9,24H,4,6,8,10-13H2,1-2H3,(H,23,27)(H,25,26). The van der Waals surface area contributed by atoms with Gasteiger partial charge in [0.05, 0.1) is 31.4 Å². The van der Waals surface area contributed by atoms with Crippen LogP contribution in [0.15, 0.2) is 24.3 Å². The Bertz CT molecular complexity index is 957. The number of thiophene rings is 1. The van der Waals surface area contributed by atoms with E-state index in [1.165, 1.54) is 18.4 Å². The van der Waals surface area contributed by atoms with Gasteiger partial charge < -0.3 is 25.4 Å². The number of hydrogen-bond donors (Lipinski definition) is 3. The summed E-state index contributed by atoms with van der Waals surface area (Å²) < 4.78 is 9.89. The number of fused-ring (bicyclic) bond motifs is 1. The van der Waals surface area contributed by atoms with Gasteiger partial charge in [-0.25, -0.2) is 4.79 Å². The van der Waals surface area contributed by atoms with E-state index in [0.717, 1.165) is 36.1 Å². The molecule has 8 nitrogen and oxygen atoms in total. The first kappa shape index (κ1) is 22.8. The number of esters is 1. The van der Waals surface area contributed by atoms with Crippen molar-refractivity contribution in [1.29, 1.82) is 0 Å². The first-order chi connectivity index (χ1) is 15.0. The average Bonchev–Trinajstić information content (AvgIpc) is 3.15. The van der Waals surface area contributed by atoms with Crippen molar-refractivity contribution in [2.75, 3.05) is 44.5 Å². The molecular weight excluding hydrogens is 418 g/mol. The van der Waals surface area contributed by atoms with Crippen molar-refractivity contribution in [2.45, 2.75) is 25.7 Å². The highest BCUT2D eigenvalue weighted by Gasteiger charge is 2.26. The minimum atomic E-state index is -0.430. The zero-order chi connectivity index (χ0) is 22.2. The average molecular weight is 446 g/mol. The second-order valence-corrected chi connectivity index (χ2v) is 8.21. The third-order valence-electron chi connectivity index (χ3n) is 5.02. The molecule has 0 aliphatic heterocycles. The molecule has 0 unspecified atom stereocenters. The molecule has 166 valence electrons. The number of carbonyl (C=O) groups is 3. The predicted molar refractivity (Wildman–Crippen MR) is 120 cm³/mol. The smallest absolute Gasteiger partial charge is 0.341 e. The number of ether oxygens (including phenoxy) is 2. The molecule has 31 heavy (non-hydrogen) atoms. The van der Waals surface area contributed by atoms with E-state index >= 15 is 0 Å². The van der Waals surface area contributed by atoms with Gasteiger partial charge in [-0.05, 0) is 43.4 Å². The Morgan fingerprint density at radius 2 is 1.87 bits per heavy atom. The van der Waals surface area contributed by atoms with Crippen LogP contribution in [0.25, 0.3) is 0 Å². The highest BCUT2D eigenvalue weighted by Crippen LogP contribution is 2.38. The predicted octanol–water partition coefficient (Wildman–Crippen LogP) is 2.84. The molecule has 0 bridgehead atoms. The number of para-hydroxylation sites is 1. The van der Waals surface area contributed by atoms with Crippen molar-refractivity contribution in [3.63, 3.8) is 0 Å². The molecule has 1 heterocycles. The van der Waals surface area contributed by atoms with E-state index in [4.69, 9.17) is 9.47 Å². The fourth-order valence-electron chi connectivity index (χ4n) is 3.52. The lowest BCUT2D eigenvalue weighted by atomic mass is 9.95. The monoisotopic (exact) mass is 445 g/mol. The number of carbonyl (C=O) groups excluding carboxylic acids is 3. The van der Waals surface area contributed by atoms with E-state index in [1.807, 2.05) is 0 Å². The maximum atomic E-state index is 12.6. The molecule has 0 spiro atoms. The zero-order valence-electron chi connectivity index (χ0n) is 17.7. The summed E-state index contributed by atoms with van der Waals surface area (Å²) in [5.41, 5.74) is 2.44. The van der Waals surface area contributed by atoms with Gasteiger partial charge in [0, 0.05) is 24.2 Å². The normalized spacial score (nSPS) is 12.6. The van der Waals surface area contributed by atoms with E-state index in [2.05, 4.69) is 16.0 Å². The third kappa shape index (κ3) is 5.62. The Kier molecular flexibility index (Phi) is 8.02. The third-order valence-corrected chi connectivity index (χ3v) is 6.22. The highest BCUT2D eigenvalue weighted by molar-refractivity contribution is 7.17. The molecule has 9 heteroatoms. The van der Waals surface area contributed by atoms with Gasteiger partial charge in [-0.3, -0.25) is 9.59 Å². The fraction of sp³-hybridized carbons (Fsp3) is 0.409. The first-order valence-electron chi connectivity index (χ1n) is 10.2. The minimum absolute atomic E-state index is 0.0501. The van der Waals surface area contributed by atoms with Crippen molar-refractivity contribution >= 4 is 39.8 Å². The lowest BCUT2D eigenvalue weighted by Gasteiger charge is -2.13. The summed E-state index contributed by atoms with van der Waals surface area (Å²) >= 11 is 1.44. The first-order valence-corrected chi connectivity index (χ1v) is 11.0. The number of aryl methyl sites for hydroxylation is 1. The molecule has 1 aliphatic carbocycles. The molecule has 0 saturated carbocycles. The van der Waals surface area contributed by atoms with Gasteiger partial charge in [-0.2, -0.15) is 0 Å². The van der Waals surface area contributed by atoms with Crippen molar-refractivity contribution in [3.05, 3.63) is 45.8 Å². The van der Waals surface area contributed by atoms with E-state index in [-0.39, 0.29) is 18.4 Å². The van der Waals surface area contributed by atoms with Gasteiger partial charge in [-0.1, -0.05) is 12.1 Å². The van der Waals surface area contributed by atoms with E-state index in [0.29, 0.717) is 35.0 Å². The van der Waals surface area contributed by atoms with E-state index < -0.39 is 5.97 Å². The summed E-state index contributed by atoms with van der Waals surface area (Å²) in [6.45, 7) is 0.756. The molecule has 0 radical (unpaired) electrons. The maximum absolute atomic E-state index is 12.6. The molecule has 0 saturated heterocycles. The second kappa shape index (κ2) is 10.9. The zero-order valence-corrected chi connectivity index (χ0v) is 18.5. The lowest BCUT2D eigenvalue weighted by Crippen LogP contribution is -2.28. The number of methoxy groups -OCH3 is 2. The molecule has 1 aromatic carbocycles. The number of hydrogen-bond acceptors (Lipinski definition) is 7. The molecule has 2 amide bonds. The Hall–Kier alpha value is -2.91. The molecule has 1 aromatic heterocycles. The molecule has 0 atom stereocenters. The van der Waals surface area contributed by atoms with Gasteiger partial charge in [0.15, 0.2) is 0 Å². The van der Waals surface area contributed by atoms with Crippen LogP contribution in [0.5, 0.6) is 0 Å². The summed E-state index contributed by atoms with van der Waals surface area (Å²) in [7, 11) is 2.91. The molecule has 2 aromatic rings. The number of anilines is 2. The molecule has 3 rings (SSSR count). The van der Waals surface area contributed by atoms with Crippen LogP contribution in [-0.4, -0.2) is 51.7 Å². The SMILES string of the molecule is COCCNC(=O)c1ccccc1NCC(=O)Nc1sc2c(c1C(=O)OC)CCCC2. The van der Waals surface area contributed by atoms with Crippen LogP contribution in [0.3, 0.4) is 0 Å². The second-order valence-electron chi connectivity index (χ2n) is 7.10.